The molecule has 1 fully saturated rings. The minimum atomic E-state index is -0.267. The summed E-state index contributed by atoms with van der Waals surface area (Å²) in [5, 5.41) is 6.61. The molecule has 1 aromatic carbocycles. The summed E-state index contributed by atoms with van der Waals surface area (Å²) < 4.78 is 1.77. The highest BCUT2D eigenvalue weighted by Crippen LogP contribution is 2.29. The van der Waals surface area contributed by atoms with E-state index in [9.17, 15) is 14.4 Å². The van der Waals surface area contributed by atoms with E-state index in [0.29, 0.717) is 30.0 Å². The summed E-state index contributed by atoms with van der Waals surface area (Å²) in [6.45, 7) is 4.06. The van der Waals surface area contributed by atoms with Crippen LogP contribution in [-0.4, -0.2) is 46.0 Å². The first kappa shape index (κ1) is 23.5. The maximum Gasteiger partial charge on any atom is 0.273 e. The van der Waals surface area contributed by atoms with Gasteiger partial charge in [-0.1, -0.05) is 24.3 Å². The van der Waals surface area contributed by atoms with Crippen LogP contribution in [0.25, 0.3) is 10.3 Å². The molecule has 3 heterocycles. The van der Waals surface area contributed by atoms with Gasteiger partial charge in [-0.2, -0.15) is 4.98 Å². The lowest BCUT2D eigenvalue weighted by Gasteiger charge is -2.30. The second kappa shape index (κ2) is 10.2. The van der Waals surface area contributed by atoms with Crippen LogP contribution in [0.5, 0.6) is 0 Å². The molecule has 1 aliphatic carbocycles. The molecule has 0 bridgehead atoms. The van der Waals surface area contributed by atoms with Crippen LogP contribution >= 0.6 is 11.3 Å². The van der Waals surface area contributed by atoms with Crippen LogP contribution in [0.2, 0.25) is 0 Å². The summed E-state index contributed by atoms with van der Waals surface area (Å²) in [4.78, 5) is 48.9. The van der Waals surface area contributed by atoms with Crippen molar-refractivity contribution in [3.8, 4) is 0 Å². The number of nitrogens with zero attached hydrogens (tertiary/aromatic N) is 4. The first-order valence-electron chi connectivity index (χ1n) is 12.3. The van der Waals surface area contributed by atoms with Gasteiger partial charge in [0.1, 0.15) is 17.6 Å². The lowest BCUT2D eigenvalue weighted by atomic mass is 9.96. The highest BCUT2D eigenvalue weighted by molar-refractivity contribution is 7.22. The van der Waals surface area contributed by atoms with Gasteiger partial charge in [-0.25, -0.2) is 4.98 Å². The van der Waals surface area contributed by atoms with Gasteiger partial charge >= 0.3 is 0 Å². The van der Waals surface area contributed by atoms with Crippen molar-refractivity contribution in [1.82, 2.24) is 19.9 Å². The van der Waals surface area contributed by atoms with E-state index in [1.165, 1.54) is 33.4 Å². The van der Waals surface area contributed by atoms with Crippen LogP contribution in [0.4, 0.5) is 10.8 Å². The zero-order chi connectivity index (χ0) is 24.4. The maximum atomic E-state index is 13.0. The molecule has 2 amide bonds. The molecular formula is C25H30N6O3S. The van der Waals surface area contributed by atoms with E-state index in [2.05, 4.69) is 31.6 Å². The fourth-order valence-electron chi connectivity index (χ4n) is 4.81. The van der Waals surface area contributed by atoms with Crippen LogP contribution in [0.1, 0.15) is 43.7 Å². The quantitative estimate of drug-likeness (QED) is 0.523. The molecule has 0 saturated carbocycles. The number of fused-ring (bicyclic) bond motifs is 2. The SMILES string of the molecule is CCCNC(=O)C1CCN(c2nc3ncn(CC(=O)Nc4ccc5c(c4)CCC5)c(=O)c3s2)CC1. The van der Waals surface area contributed by atoms with Gasteiger partial charge in [-0.15, -0.1) is 0 Å². The monoisotopic (exact) mass is 494 g/mol. The third-order valence-electron chi connectivity index (χ3n) is 6.75. The van der Waals surface area contributed by atoms with Gasteiger partial charge in [-0.05, 0) is 61.8 Å². The Bertz CT molecular complexity index is 1310. The smallest absolute Gasteiger partial charge is 0.273 e. The third kappa shape index (κ3) is 5.07. The number of hydrogen-bond acceptors (Lipinski definition) is 7. The second-order valence-corrected chi connectivity index (χ2v) is 10.2. The Hall–Kier alpha value is -3.27. The normalized spacial score (nSPS) is 15.9. The summed E-state index contributed by atoms with van der Waals surface area (Å²) in [7, 11) is 0. The predicted molar refractivity (Wildman–Crippen MR) is 137 cm³/mol. The van der Waals surface area contributed by atoms with E-state index in [0.717, 1.165) is 49.3 Å². The molecule has 0 atom stereocenters. The van der Waals surface area contributed by atoms with Crippen molar-refractivity contribution >= 4 is 44.3 Å². The molecule has 0 radical (unpaired) electrons. The molecule has 1 saturated heterocycles. The Balaban J connectivity index is 1.24. The molecule has 9 nitrogen and oxygen atoms in total. The average Bonchev–Trinajstić information content (AvgIpc) is 3.51. The third-order valence-corrected chi connectivity index (χ3v) is 7.85. The number of benzene rings is 1. The number of hydrogen-bond donors (Lipinski definition) is 2. The Morgan fingerprint density at radius 1 is 1.17 bits per heavy atom. The van der Waals surface area contributed by atoms with Gasteiger partial charge in [0.15, 0.2) is 10.8 Å². The maximum absolute atomic E-state index is 13.0. The van der Waals surface area contributed by atoms with Gasteiger partial charge < -0.3 is 15.5 Å². The zero-order valence-corrected chi connectivity index (χ0v) is 20.7. The molecule has 2 aliphatic rings. The molecule has 184 valence electrons. The van der Waals surface area contributed by atoms with E-state index in [1.807, 2.05) is 19.1 Å². The molecule has 10 heteroatoms. The van der Waals surface area contributed by atoms with E-state index in [4.69, 9.17) is 0 Å². The number of carbonyl (C=O) groups is 2. The Morgan fingerprint density at radius 3 is 2.77 bits per heavy atom. The van der Waals surface area contributed by atoms with E-state index < -0.39 is 0 Å². The average molecular weight is 495 g/mol. The largest absolute Gasteiger partial charge is 0.356 e. The van der Waals surface area contributed by atoms with Crippen LogP contribution in [-0.2, 0) is 29.0 Å². The Labute approximate surface area is 207 Å². The van der Waals surface area contributed by atoms with Gasteiger partial charge in [0.25, 0.3) is 5.56 Å². The number of aromatic nitrogens is 3. The molecule has 35 heavy (non-hydrogen) atoms. The van der Waals surface area contributed by atoms with E-state index >= 15 is 0 Å². The summed E-state index contributed by atoms with van der Waals surface area (Å²) in [5.74, 6) is -0.121. The minimum absolute atomic E-state index is 0.0201. The minimum Gasteiger partial charge on any atom is -0.356 e. The molecule has 2 N–H and O–H groups in total. The van der Waals surface area contributed by atoms with Crippen molar-refractivity contribution in [2.75, 3.05) is 29.9 Å². The fourth-order valence-corrected chi connectivity index (χ4v) is 5.83. The van der Waals surface area contributed by atoms with E-state index in [1.54, 1.807) is 0 Å². The van der Waals surface area contributed by atoms with Crippen molar-refractivity contribution in [2.24, 2.45) is 5.92 Å². The lowest BCUT2D eigenvalue weighted by Crippen LogP contribution is -2.40. The van der Waals surface area contributed by atoms with Crippen LogP contribution in [0.15, 0.2) is 29.3 Å². The number of anilines is 2. The molecule has 3 aromatic rings. The van der Waals surface area contributed by atoms with Crippen molar-refractivity contribution in [1.29, 1.82) is 0 Å². The standard InChI is InChI=1S/C25H30N6O3S/c1-2-10-26-23(33)17-8-11-30(12-9-17)25-29-22-21(35-25)24(34)31(15-27-22)14-20(32)28-19-7-6-16-4-3-5-18(16)13-19/h6-7,13,15,17H,2-5,8-12,14H2,1H3,(H,26,33)(H,28,32). The summed E-state index contributed by atoms with van der Waals surface area (Å²) in [5.41, 5.74) is 3.51. The fraction of sp³-hybridized carbons (Fsp3) is 0.480. The number of amides is 2. The first-order chi connectivity index (χ1) is 17.0. The molecular weight excluding hydrogens is 464 g/mol. The molecule has 0 unspecified atom stereocenters. The summed E-state index contributed by atoms with van der Waals surface area (Å²) >= 11 is 1.30. The molecule has 2 aromatic heterocycles. The number of piperidine rings is 1. The van der Waals surface area contributed by atoms with Gasteiger partial charge in [0.05, 0.1) is 0 Å². The molecule has 1 aliphatic heterocycles. The topological polar surface area (TPSA) is 109 Å². The zero-order valence-electron chi connectivity index (χ0n) is 19.9. The van der Waals surface area contributed by atoms with Crippen LogP contribution in [0, 0.1) is 5.92 Å². The Morgan fingerprint density at radius 2 is 1.97 bits per heavy atom. The van der Waals surface area contributed by atoms with Crippen molar-refractivity contribution < 1.29 is 9.59 Å². The lowest BCUT2D eigenvalue weighted by molar-refractivity contribution is -0.125. The highest BCUT2D eigenvalue weighted by atomic mass is 32.1. The van der Waals surface area contributed by atoms with Crippen molar-refractivity contribution in [3.05, 3.63) is 46.0 Å². The molecule has 5 rings (SSSR count). The predicted octanol–water partition coefficient (Wildman–Crippen LogP) is 2.72. The first-order valence-corrected chi connectivity index (χ1v) is 13.1. The highest BCUT2D eigenvalue weighted by Gasteiger charge is 2.27. The van der Waals surface area contributed by atoms with Crippen LogP contribution < -0.4 is 21.1 Å². The number of nitrogens with one attached hydrogen (secondary N) is 2. The van der Waals surface area contributed by atoms with Crippen molar-refractivity contribution in [2.45, 2.75) is 52.0 Å². The van der Waals surface area contributed by atoms with Crippen LogP contribution in [0.3, 0.4) is 0 Å². The number of aryl methyl sites for hydroxylation is 2. The second-order valence-electron chi connectivity index (χ2n) is 9.26. The van der Waals surface area contributed by atoms with Gasteiger partial charge in [-0.3, -0.25) is 19.0 Å². The summed E-state index contributed by atoms with van der Waals surface area (Å²) in [6, 6.07) is 6.01. The number of thiazole rings is 1. The summed E-state index contributed by atoms with van der Waals surface area (Å²) in [6.07, 6.45) is 7.11. The van der Waals surface area contributed by atoms with E-state index in [-0.39, 0.29) is 29.8 Å². The van der Waals surface area contributed by atoms with Gasteiger partial charge in [0, 0.05) is 31.2 Å². The Kier molecular flexibility index (Phi) is 6.81. The number of carbonyl (C=O) groups excluding carboxylic acids is 2. The number of rotatable bonds is 7. The molecule has 0 spiro atoms. The van der Waals surface area contributed by atoms with Gasteiger partial charge in [0.2, 0.25) is 11.8 Å². The van der Waals surface area contributed by atoms with Crippen molar-refractivity contribution in [3.63, 3.8) is 0 Å².